The second-order valence-electron chi connectivity index (χ2n) is 7.40. The number of esters is 1. The highest BCUT2D eigenvalue weighted by Crippen LogP contribution is 2.29. The van der Waals surface area contributed by atoms with E-state index in [1.165, 1.54) is 0 Å². The first-order valence-electron chi connectivity index (χ1n) is 9.63. The molecule has 2 aliphatic rings. The van der Waals surface area contributed by atoms with E-state index in [-0.39, 0.29) is 5.91 Å². The van der Waals surface area contributed by atoms with Gasteiger partial charge >= 0.3 is 12.0 Å². The first kappa shape index (κ1) is 19.6. The predicted octanol–water partition coefficient (Wildman–Crippen LogP) is 1.59. The lowest BCUT2D eigenvalue weighted by atomic mass is 9.92. The summed E-state index contributed by atoms with van der Waals surface area (Å²) in [4.78, 5) is 52.2. The maximum Gasteiger partial charge on any atom is 0.326 e. The van der Waals surface area contributed by atoms with Gasteiger partial charge in [-0.1, -0.05) is 48.5 Å². The molecule has 0 radical (unpaired) electrons. The van der Waals surface area contributed by atoms with E-state index in [0.29, 0.717) is 12.1 Å². The van der Waals surface area contributed by atoms with Crippen molar-refractivity contribution in [3.05, 3.63) is 65.7 Å². The minimum atomic E-state index is -1.26. The number of hydrogen-bond acceptors (Lipinski definition) is 5. The monoisotopic (exact) mass is 407 g/mol. The standard InChI is InChI=1S/C22H21N3O5/c1-22(16-8-3-2-4-9-16)20(28)25(21(29)23-22)13-19(27)30-14-18(26)24-12-11-15-7-5-6-10-17(15)24/h2-10H,11-14H2,1H3,(H,23,29)/t22-/m0/s1. The summed E-state index contributed by atoms with van der Waals surface area (Å²) in [5.74, 6) is -1.72. The van der Waals surface area contributed by atoms with Crippen molar-refractivity contribution in [3.8, 4) is 0 Å². The summed E-state index contributed by atoms with van der Waals surface area (Å²) < 4.78 is 5.06. The van der Waals surface area contributed by atoms with E-state index in [2.05, 4.69) is 5.32 Å². The molecule has 1 atom stereocenters. The van der Waals surface area contributed by atoms with Crippen LogP contribution < -0.4 is 10.2 Å². The van der Waals surface area contributed by atoms with Crippen molar-refractivity contribution in [3.63, 3.8) is 0 Å². The minimum Gasteiger partial charge on any atom is -0.454 e. The fraction of sp³-hybridized carbons (Fsp3) is 0.273. The van der Waals surface area contributed by atoms with Crippen molar-refractivity contribution in [2.24, 2.45) is 0 Å². The van der Waals surface area contributed by atoms with Gasteiger partial charge in [0, 0.05) is 12.2 Å². The Bertz CT molecular complexity index is 1020. The lowest BCUT2D eigenvalue weighted by Crippen LogP contribution is -2.42. The molecule has 0 aliphatic carbocycles. The molecule has 0 unspecified atom stereocenters. The Balaban J connectivity index is 1.36. The van der Waals surface area contributed by atoms with Gasteiger partial charge < -0.3 is 15.0 Å². The van der Waals surface area contributed by atoms with Crippen LogP contribution in [0.1, 0.15) is 18.1 Å². The number of imide groups is 1. The normalized spacial score (nSPS) is 20.2. The first-order chi connectivity index (χ1) is 14.4. The highest BCUT2D eigenvalue weighted by Gasteiger charge is 2.49. The van der Waals surface area contributed by atoms with E-state index >= 15 is 0 Å². The lowest BCUT2D eigenvalue weighted by molar-refractivity contribution is -0.150. The molecule has 30 heavy (non-hydrogen) atoms. The van der Waals surface area contributed by atoms with E-state index in [0.717, 1.165) is 22.6 Å². The largest absolute Gasteiger partial charge is 0.454 e. The van der Waals surface area contributed by atoms with Crippen molar-refractivity contribution >= 4 is 29.5 Å². The number of anilines is 1. The molecule has 2 aliphatic heterocycles. The Labute approximate surface area is 173 Å². The molecule has 4 amide bonds. The van der Waals surface area contributed by atoms with Crippen LogP contribution in [0.3, 0.4) is 0 Å². The molecule has 154 valence electrons. The second-order valence-corrected chi connectivity index (χ2v) is 7.40. The number of hydrogen-bond donors (Lipinski definition) is 1. The molecule has 1 saturated heterocycles. The summed E-state index contributed by atoms with van der Waals surface area (Å²) in [6, 6.07) is 15.7. The van der Waals surface area contributed by atoms with Gasteiger partial charge in [0.05, 0.1) is 0 Å². The Morgan fingerprint density at radius 1 is 1.07 bits per heavy atom. The Morgan fingerprint density at radius 3 is 2.53 bits per heavy atom. The molecular formula is C22H21N3O5. The number of carbonyl (C=O) groups is 4. The van der Waals surface area contributed by atoms with Gasteiger partial charge in [-0.25, -0.2) is 4.79 Å². The SMILES string of the molecule is C[C@@]1(c2ccccc2)NC(=O)N(CC(=O)OCC(=O)N2CCc3ccccc32)C1=O. The zero-order valence-corrected chi connectivity index (χ0v) is 16.5. The molecule has 1 N–H and O–H groups in total. The molecule has 4 rings (SSSR count). The average Bonchev–Trinajstić information content (AvgIpc) is 3.28. The van der Waals surface area contributed by atoms with Gasteiger partial charge in [-0.15, -0.1) is 0 Å². The number of rotatable bonds is 5. The van der Waals surface area contributed by atoms with Crippen LogP contribution in [0.5, 0.6) is 0 Å². The number of ether oxygens (including phenoxy) is 1. The van der Waals surface area contributed by atoms with E-state index in [9.17, 15) is 19.2 Å². The fourth-order valence-electron chi connectivity index (χ4n) is 3.80. The van der Waals surface area contributed by atoms with Crippen molar-refractivity contribution < 1.29 is 23.9 Å². The smallest absolute Gasteiger partial charge is 0.326 e. The Kier molecular flexibility index (Phi) is 4.99. The molecule has 8 nitrogen and oxygen atoms in total. The molecule has 0 spiro atoms. The third kappa shape index (κ3) is 3.41. The molecule has 0 bridgehead atoms. The van der Waals surface area contributed by atoms with E-state index in [1.807, 2.05) is 24.3 Å². The minimum absolute atomic E-state index is 0.348. The van der Waals surface area contributed by atoms with Crippen LogP contribution in [0.4, 0.5) is 10.5 Å². The number of carbonyl (C=O) groups excluding carboxylic acids is 4. The average molecular weight is 407 g/mol. The number of benzene rings is 2. The van der Waals surface area contributed by atoms with Crippen LogP contribution in [0.25, 0.3) is 0 Å². The van der Waals surface area contributed by atoms with Gasteiger partial charge in [-0.2, -0.15) is 0 Å². The number of para-hydroxylation sites is 1. The summed E-state index contributed by atoms with van der Waals surface area (Å²) in [7, 11) is 0. The van der Waals surface area contributed by atoms with Gasteiger partial charge in [-0.3, -0.25) is 19.3 Å². The van der Waals surface area contributed by atoms with Crippen molar-refractivity contribution in [1.82, 2.24) is 10.2 Å². The first-order valence-corrected chi connectivity index (χ1v) is 9.63. The van der Waals surface area contributed by atoms with Gasteiger partial charge in [-0.05, 0) is 30.5 Å². The van der Waals surface area contributed by atoms with Crippen LogP contribution in [0, 0.1) is 0 Å². The molecule has 8 heteroatoms. The van der Waals surface area contributed by atoms with Crippen LogP contribution in [-0.2, 0) is 31.1 Å². The van der Waals surface area contributed by atoms with E-state index < -0.39 is 36.6 Å². The zero-order valence-electron chi connectivity index (χ0n) is 16.5. The number of urea groups is 1. The van der Waals surface area contributed by atoms with Crippen LogP contribution in [-0.4, -0.2) is 48.4 Å². The van der Waals surface area contributed by atoms with Crippen LogP contribution >= 0.6 is 0 Å². The maximum absolute atomic E-state index is 12.8. The number of amides is 4. The van der Waals surface area contributed by atoms with Gasteiger partial charge in [0.15, 0.2) is 6.61 Å². The zero-order chi connectivity index (χ0) is 21.3. The molecule has 1 fully saturated rings. The quantitative estimate of drug-likeness (QED) is 0.600. The molecule has 0 aromatic heterocycles. The third-order valence-electron chi connectivity index (χ3n) is 5.46. The summed E-state index contributed by atoms with van der Waals surface area (Å²) in [6.45, 7) is 1.10. The summed E-state index contributed by atoms with van der Waals surface area (Å²) >= 11 is 0. The van der Waals surface area contributed by atoms with Gasteiger partial charge in [0.1, 0.15) is 12.1 Å². The van der Waals surface area contributed by atoms with Crippen LogP contribution in [0.2, 0.25) is 0 Å². The van der Waals surface area contributed by atoms with Crippen molar-refractivity contribution in [1.29, 1.82) is 0 Å². The predicted molar refractivity (Wildman–Crippen MR) is 107 cm³/mol. The summed E-state index contributed by atoms with van der Waals surface area (Å²) in [5.41, 5.74) is 1.23. The summed E-state index contributed by atoms with van der Waals surface area (Å²) in [6.07, 6.45) is 0.746. The molecule has 2 aromatic carbocycles. The van der Waals surface area contributed by atoms with E-state index in [4.69, 9.17) is 4.74 Å². The van der Waals surface area contributed by atoms with E-state index in [1.54, 1.807) is 42.2 Å². The number of nitrogens with one attached hydrogen (secondary N) is 1. The van der Waals surface area contributed by atoms with Crippen LogP contribution in [0.15, 0.2) is 54.6 Å². The second kappa shape index (κ2) is 7.62. The highest BCUT2D eigenvalue weighted by molar-refractivity contribution is 6.09. The van der Waals surface area contributed by atoms with Crippen molar-refractivity contribution in [2.75, 3.05) is 24.6 Å². The van der Waals surface area contributed by atoms with Gasteiger partial charge in [0.2, 0.25) is 0 Å². The molecule has 0 saturated carbocycles. The Hall–Kier alpha value is -3.68. The highest BCUT2D eigenvalue weighted by atomic mass is 16.5. The maximum atomic E-state index is 12.8. The summed E-state index contributed by atoms with van der Waals surface area (Å²) in [5, 5.41) is 2.63. The number of nitrogens with zero attached hydrogens (tertiary/aromatic N) is 2. The third-order valence-corrected chi connectivity index (χ3v) is 5.46. The molecule has 2 aromatic rings. The number of fused-ring (bicyclic) bond motifs is 1. The topological polar surface area (TPSA) is 96.0 Å². The fourth-order valence-corrected chi connectivity index (χ4v) is 3.80. The lowest BCUT2D eigenvalue weighted by Gasteiger charge is -2.22. The Morgan fingerprint density at radius 2 is 1.77 bits per heavy atom. The molecule has 2 heterocycles. The molecular weight excluding hydrogens is 386 g/mol. The van der Waals surface area contributed by atoms with Gasteiger partial charge in [0.25, 0.3) is 11.8 Å². The van der Waals surface area contributed by atoms with Crippen molar-refractivity contribution in [2.45, 2.75) is 18.9 Å².